The van der Waals surface area contributed by atoms with Crippen molar-refractivity contribution in [2.75, 3.05) is 13.2 Å². The van der Waals surface area contributed by atoms with Gasteiger partial charge >= 0.3 is 0 Å². The lowest BCUT2D eigenvalue weighted by Crippen LogP contribution is -2.08. The van der Waals surface area contributed by atoms with Gasteiger partial charge in [-0.2, -0.15) is 0 Å². The SMILES string of the molecule is CCc1cc(C)cc(CC)c1OCC1CO1. The third-order valence-corrected chi connectivity index (χ3v) is 2.96. The van der Waals surface area contributed by atoms with Crippen LogP contribution in [0.3, 0.4) is 0 Å². The number of rotatable bonds is 5. The van der Waals surface area contributed by atoms with E-state index in [1.807, 2.05) is 0 Å². The third-order valence-electron chi connectivity index (χ3n) is 2.96. The molecule has 1 atom stereocenters. The summed E-state index contributed by atoms with van der Waals surface area (Å²) in [6.45, 7) is 8.05. The molecule has 0 saturated carbocycles. The van der Waals surface area contributed by atoms with Gasteiger partial charge in [-0.1, -0.05) is 31.5 Å². The Bertz CT molecular complexity index is 342. The summed E-state index contributed by atoms with van der Waals surface area (Å²) in [4.78, 5) is 0. The molecule has 1 aromatic rings. The summed E-state index contributed by atoms with van der Waals surface area (Å²) < 4.78 is 11.1. The highest BCUT2D eigenvalue weighted by atomic mass is 16.6. The molecule has 1 aliphatic rings. The van der Waals surface area contributed by atoms with E-state index in [1.54, 1.807) is 0 Å². The quantitative estimate of drug-likeness (QED) is 0.712. The van der Waals surface area contributed by atoms with E-state index in [4.69, 9.17) is 9.47 Å². The molecule has 0 bridgehead atoms. The summed E-state index contributed by atoms with van der Waals surface area (Å²) in [5, 5.41) is 0. The van der Waals surface area contributed by atoms with Gasteiger partial charge in [-0.05, 0) is 30.9 Å². The molecule has 1 heterocycles. The molecule has 1 aromatic carbocycles. The number of ether oxygens (including phenoxy) is 2. The van der Waals surface area contributed by atoms with Gasteiger partial charge in [-0.3, -0.25) is 0 Å². The maximum absolute atomic E-state index is 5.90. The highest BCUT2D eigenvalue weighted by Crippen LogP contribution is 2.28. The molecule has 2 heteroatoms. The fourth-order valence-electron chi connectivity index (χ4n) is 1.98. The Labute approximate surface area is 97.6 Å². The van der Waals surface area contributed by atoms with Crippen molar-refractivity contribution >= 4 is 0 Å². The second-order valence-corrected chi connectivity index (χ2v) is 4.39. The Kier molecular flexibility index (Phi) is 3.49. The van der Waals surface area contributed by atoms with E-state index in [2.05, 4.69) is 32.9 Å². The van der Waals surface area contributed by atoms with Gasteiger partial charge in [0.1, 0.15) is 18.5 Å². The minimum atomic E-state index is 0.329. The summed E-state index contributed by atoms with van der Waals surface area (Å²) in [6, 6.07) is 4.45. The summed E-state index contributed by atoms with van der Waals surface area (Å²) in [6.07, 6.45) is 2.38. The van der Waals surface area contributed by atoms with Crippen molar-refractivity contribution in [3.05, 3.63) is 28.8 Å². The van der Waals surface area contributed by atoms with Crippen LogP contribution in [0.1, 0.15) is 30.5 Å². The Morgan fingerprint density at radius 2 is 1.81 bits per heavy atom. The first kappa shape index (κ1) is 11.5. The lowest BCUT2D eigenvalue weighted by molar-refractivity contribution is 0.259. The van der Waals surface area contributed by atoms with E-state index in [0.717, 1.165) is 25.2 Å². The van der Waals surface area contributed by atoms with Crippen LogP contribution in [0.15, 0.2) is 12.1 Å². The molecule has 0 spiro atoms. The zero-order valence-electron chi connectivity index (χ0n) is 10.4. The largest absolute Gasteiger partial charge is 0.490 e. The molecule has 0 radical (unpaired) electrons. The minimum absolute atomic E-state index is 0.329. The molecule has 1 aliphatic heterocycles. The molecular formula is C14H20O2. The van der Waals surface area contributed by atoms with Gasteiger partial charge in [0.25, 0.3) is 0 Å². The standard InChI is InChI=1S/C14H20O2/c1-4-11-6-10(3)7-12(5-2)14(11)16-9-13-8-15-13/h6-7,13H,4-5,8-9H2,1-3H3. The van der Waals surface area contributed by atoms with Crippen molar-refractivity contribution in [1.82, 2.24) is 0 Å². The van der Waals surface area contributed by atoms with Crippen molar-refractivity contribution in [2.45, 2.75) is 39.7 Å². The molecule has 1 unspecified atom stereocenters. The van der Waals surface area contributed by atoms with Crippen LogP contribution in [0, 0.1) is 6.92 Å². The predicted octanol–water partition coefficient (Wildman–Crippen LogP) is 2.90. The van der Waals surface area contributed by atoms with Gasteiger partial charge in [0.2, 0.25) is 0 Å². The van der Waals surface area contributed by atoms with Crippen LogP contribution < -0.4 is 4.74 Å². The third kappa shape index (κ3) is 2.56. The van der Waals surface area contributed by atoms with Crippen molar-refractivity contribution < 1.29 is 9.47 Å². The maximum atomic E-state index is 5.90. The van der Waals surface area contributed by atoms with Gasteiger partial charge in [-0.15, -0.1) is 0 Å². The topological polar surface area (TPSA) is 21.8 Å². The Morgan fingerprint density at radius 1 is 1.25 bits per heavy atom. The normalized spacial score (nSPS) is 18.6. The van der Waals surface area contributed by atoms with Crippen LogP contribution in [0.4, 0.5) is 0 Å². The van der Waals surface area contributed by atoms with Gasteiger partial charge in [0.05, 0.1) is 6.61 Å². The van der Waals surface area contributed by atoms with E-state index in [9.17, 15) is 0 Å². The fourth-order valence-corrected chi connectivity index (χ4v) is 1.98. The van der Waals surface area contributed by atoms with E-state index >= 15 is 0 Å². The second-order valence-electron chi connectivity index (χ2n) is 4.39. The van der Waals surface area contributed by atoms with Crippen molar-refractivity contribution in [3.8, 4) is 5.75 Å². The highest BCUT2D eigenvalue weighted by Gasteiger charge is 2.24. The second kappa shape index (κ2) is 4.88. The fraction of sp³-hybridized carbons (Fsp3) is 0.571. The van der Waals surface area contributed by atoms with E-state index in [0.29, 0.717) is 12.7 Å². The number of epoxide rings is 1. The van der Waals surface area contributed by atoms with Crippen molar-refractivity contribution in [3.63, 3.8) is 0 Å². The van der Waals surface area contributed by atoms with Gasteiger partial charge < -0.3 is 9.47 Å². The Morgan fingerprint density at radius 3 is 2.25 bits per heavy atom. The summed E-state index contributed by atoms with van der Waals surface area (Å²) in [7, 11) is 0. The van der Waals surface area contributed by atoms with Gasteiger partial charge in [-0.25, -0.2) is 0 Å². The molecule has 0 aliphatic carbocycles. The molecule has 88 valence electrons. The molecule has 16 heavy (non-hydrogen) atoms. The molecular weight excluding hydrogens is 200 g/mol. The van der Waals surface area contributed by atoms with Crippen LogP contribution in [0.25, 0.3) is 0 Å². The van der Waals surface area contributed by atoms with Gasteiger partial charge in [0.15, 0.2) is 0 Å². The molecule has 0 aromatic heterocycles. The molecule has 1 saturated heterocycles. The summed E-state index contributed by atoms with van der Waals surface area (Å²) in [5.41, 5.74) is 3.96. The molecule has 1 fully saturated rings. The molecule has 0 amide bonds. The van der Waals surface area contributed by atoms with Crippen LogP contribution in [0.2, 0.25) is 0 Å². The van der Waals surface area contributed by atoms with Crippen molar-refractivity contribution in [2.24, 2.45) is 0 Å². The first-order valence-corrected chi connectivity index (χ1v) is 6.11. The Hall–Kier alpha value is -1.02. The first-order chi connectivity index (χ1) is 7.74. The number of benzene rings is 1. The van der Waals surface area contributed by atoms with Crippen LogP contribution in [-0.4, -0.2) is 19.3 Å². The smallest absolute Gasteiger partial charge is 0.125 e. The number of hydrogen-bond donors (Lipinski definition) is 0. The van der Waals surface area contributed by atoms with E-state index in [-0.39, 0.29) is 0 Å². The summed E-state index contributed by atoms with van der Waals surface area (Å²) in [5.74, 6) is 1.09. The minimum Gasteiger partial charge on any atom is -0.490 e. The lowest BCUT2D eigenvalue weighted by atomic mass is 10.0. The average Bonchev–Trinajstić information content (AvgIpc) is 3.10. The van der Waals surface area contributed by atoms with Crippen molar-refractivity contribution in [1.29, 1.82) is 0 Å². The van der Waals surface area contributed by atoms with Crippen LogP contribution >= 0.6 is 0 Å². The lowest BCUT2D eigenvalue weighted by Gasteiger charge is -2.15. The number of hydrogen-bond acceptors (Lipinski definition) is 2. The van der Waals surface area contributed by atoms with E-state index in [1.165, 1.54) is 16.7 Å². The average molecular weight is 220 g/mol. The predicted molar refractivity (Wildman–Crippen MR) is 65.2 cm³/mol. The molecule has 2 rings (SSSR count). The molecule has 2 nitrogen and oxygen atoms in total. The highest BCUT2D eigenvalue weighted by molar-refractivity contribution is 5.44. The zero-order chi connectivity index (χ0) is 11.5. The van der Waals surface area contributed by atoms with Crippen LogP contribution in [0.5, 0.6) is 5.75 Å². The Balaban J connectivity index is 2.22. The zero-order valence-corrected chi connectivity index (χ0v) is 10.4. The number of aryl methyl sites for hydroxylation is 3. The summed E-state index contributed by atoms with van der Waals surface area (Å²) >= 11 is 0. The molecule has 0 N–H and O–H groups in total. The van der Waals surface area contributed by atoms with Gasteiger partial charge in [0, 0.05) is 0 Å². The first-order valence-electron chi connectivity index (χ1n) is 6.11. The van der Waals surface area contributed by atoms with E-state index < -0.39 is 0 Å². The maximum Gasteiger partial charge on any atom is 0.125 e. The van der Waals surface area contributed by atoms with Crippen LogP contribution in [-0.2, 0) is 17.6 Å². The monoisotopic (exact) mass is 220 g/mol.